The summed E-state index contributed by atoms with van der Waals surface area (Å²) in [6.07, 6.45) is 0. The van der Waals surface area contributed by atoms with E-state index in [1.165, 1.54) is 11.3 Å². The Morgan fingerprint density at radius 3 is 2.52 bits per heavy atom. The van der Waals surface area contributed by atoms with Gasteiger partial charge in [0.05, 0.1) is 17.9 Å². The number of nitrogens with zero attached hydrogens (tertiary/aromatic N) is 1. The molecule has 1 aromatic rings. The molecular formula is C17H28N2O2. The van der Waals surface area contributed by atoms with E-state index in [4.69, 9.17) is 9.47 Å². The summed E-state index contributed by atoms with van der Waals surface area (Å²) in [6.45, 7) is 13.6. The summed E-state index contributed by atoms with van der Waals surface area (Å²) in [4.78, 5) is 2.39. The molecule has 0 atom stereocenters. The minimum Gasteiger partial charge on any atom is -0.489 e. The summed E-state index contributed by atoms with van der Waals surface area (Å²) < 4.78 is 11.7. The Morgan fingerprint density at radius 1 is 1.14 bits per heavy atom. The van der Waals surface area contributed by atoms with Crippen molar-refractivity contribution in [2.45, 2.75) is 33.3 Å². The minimum absolute atomic E-state index is 0.113. The standard InChI is InChI=1S/C17H28N2O2/c1-14-5-6-16(20-11-12-21-17(2,3)4)15(13-14)19-9-7-18-8-10-19/h5-6,13,18H,7-12H2,1-4H3. The van der Waals surface area contributed by atoms with Crippen LogP contribution in [0.1, 0.15) is 26.3 Å². The summed E-state index contributed by atoms with van der Waals surface area (Å²) in [6, 6.07) is 6.39. The van der Waals surface area contributed by atoms with Crippen LogP contribution in [0.15, 0.2) is 18.2 Å². The van der Waals surface area contributed by atoms with E-state index in [1.54, 1.807) is 0 Å². The average molecular weight is 292 g/mol. The van der Waals surface area contributed by atoms with Gasteiger partial charge in [-0.15, -0.1) is 0 Å². The van der Waals surface area contributed by atoms with Gasteiger partial charge in [-0.2, -0.15) is 0 Å². The van der Waals surface area contributed by atoms with Gasteiger partial charge in [-0.05, 0) is 45.4 Å². The Hall–Kier alpha value is -1.26. The third-order valence-electron chi connectivity index (χ3n) is 3.45. The first kappa shape index (κ1) is 16.1. The number of ether oxygens (including phenoxy) is 2. The van der Waals surface area contributed by atoms with Crippen LogP contribution in [0.3, 0.4) is 0 Å². The normalized spacial score (nSPS) is 16.1. The van der Waals surface area contributed by atoms with Crippen molar-refractivity contribution in [2.24, 2.45) is 0 Å². The molecule has 0 spiro atoms. The number of nitrogens with one attached hydrogen (secondary N) is 1. The highest BCUT2D eigenvalue weighted by Crippen LogP contribution is 2.29. The van der Waals surface area contributed by atoms with Crippen molar-refractivity contribution in [3.05, 3.63) is 23.8 Å². The highest BCUT2D eigenvalue weighted by Gasteiger charge is 2.16. The molecule has 1 aliphatic rings. The molecule has 118 valence electrons. The Bertz CT molecular complexity index is 449. The van der Waals surface area contributed by atoms with Crippen molar-refractivity contribution in [3.8, 4) is 5.75 Å². The number of rotatable bonds is 5. The Balaban J connectivity index is 1.98. The van der Waals surface area contributed by atoms with Crippen molar-refractivity contribution in [3.63, 3.8) is 0 Å². The largest absolute Gasteiger partial charge is 0.489 e. The van der Waals surface area contributed by atoms with E-state index in [0.717, 1.165) is 31.9 Å². The van der Waals surface area contributed by atoms with Crippen molar-refractivity contribution in [2.75, 3.05) is 44.3 Å². The van der Waals surface area contributed by atoms with Gasteiger partial charge in [0.1, 0.15) is 12.4 Å². The van der Waals surface area contributed by atoms with E-state index >= 15 is 0 Å². The van der Waals surface area contributed by atoms with E-state index < -0.39 is 0 Å². The molecule has 1 aliphatic heterocycles. The molecule has 1 heterocycles. The van der Waals surface area contributed by atoms with Crippen LogP contribution in [0.5, 0.6) is 5.75 Å². The molecule has 1 aromatic carbocycles. The van der Waals surface area contributed by atoms with Crippen LogP contribution in [0.25, 0.3) is 0 Å². The zero-order valence-electron chi connectivity index (χ0n) is 13.7. The van der Waals surface area contributed by atoms with E-state index in [-0.39, 0.29) is 5.60 Å². The molecule has 1 fully saturated rings. The molecule has 0 bridgehead atoms. The second-order valence-electron chi connectivity index (χ2n) is 6.52. The lowest BCUT2D eigenvalue weighted by molar-refractivity contribution is -0.0162. The predicted octanol–water partition coefficient (Wildman–Crippen LogP) is 2.60. The molecule has 0 unspecified atom stereocenters. The van der Waals surface area contributed by atoms with E-state index in [0.29, 0.717) is 13.2 Å². The first-order valence-electron chi connectivity index (χ1n) is 7.79. The Labute approximate surface area is 128 Å². The molecule has 2 rings (SSSR count). The minimum atomic E-state index is -0.113. The molecule has 0 radical (unpaired) electrons. The highest BCUT2D eigenvalue weighted by atomic mass is 16.5. The van der Waals surface area contributed by atoms with Gasteiger partial charge in [-0.25, -0.2) is 0 Å². The number of benzene rings is 1. The second kappa shape index (κ2) is 7.14. The molecule has 21 heavy (non-hydrogen) atoms. The zero-order chi connectivity index (χ0) is 15.3. The Kier molecular flexibility index (Phi) is 5.48. The average Bonchev–Trinajstić information content (AvgIpc) is 2.45. The van der Waals surface area contributed by atoms with E-state index in [1.807, 2.05) is 0 Å². The van der Waals surface area contributed by atoms with Crippen LogP contribution >= 0.6 is 0 Å². The monoisotopic (exact) mass is 292 g/mol. The maximum atomic E-state index is 5.95. The summed E-state index contributed by atoms with van der Waals surface area (Å²) in [5.74, 6) is 0.958. The summed E-state index contributed by atoms with van der Waals surface area (Å²) in [5, 5.41) is 3.38. The topological polar surface area (TPSA) is 33.7 Å². The van der Waals surface area contributed by atoms with Crippen molar-refractivity contribution < 1.29 is 9.47 Å². The molecule has 0 amide bonds. The number of aryl methyl sites for hydroxylation is 1. The fourth-order valence-electron chi connectivity index (χ4n) is 2.40. The van der Waals surface area contributed by atoms with E-state index in [2.05, 4.69) is 56.1 Å². The van der Waals surface area contributed by atoms with Crippen LogP contribution in [-0.2, 0) is 4.74 Å². The quantitative estimate of drug-likeness (QED) is 0.846. The van der Waals surface area contributed by atoms with Gasteiger partial charge < -0.3 is 19.7 Å². The second-order valence-corrected chi connectivity index (χ2v) is 6.52. The maximum Gasteiger partial charge on any atom is 0.142 e. The fraction of sp³-hybridized carbons (Fsp3) is 0.647. The first-order valence-corrected chi connectivity index (χ1v) is 7.79. The molecule has 4 nitrogen and oxygen atoms in total. The van der Waals surface area contributed by atoms with Gasteiger partial charge >= 0.3 is 0 Å². The van der Waals surface area contributed by atoms with Gasteiger partial charge in [-0.3, -0.25) is 0 Å². The zero-order valence-corrected chi connectivity index (χ0v) is 13.7. The molecule has 1 N–H and O–H groups in total. The third-order valence-corrected chi connectivity index (χ3v) is 3.45. The molecule has 0 aliphatic carbocycles. The fourth-order valence-corrected chi connectivity index (χ4v) is 2.40. The van der Waals surface area contributed by atoms with Crippen LogP contribution in [-0.4, -0.2) is 45.0 Å². The number of piperazine rings is 1. The van der Waals surface area contributed by atoms with Crippen LogP contribution in [0, 0.1) is 6.92 Å². The van der Waals surface area contributed by atoms with Gasteiger partial charge in [0.15, 0.2) is 0 Å². The number of anilines is 1. The lowest BCUT2D eigenvalue weighted by Crippen LogP contribution is -2.43. The predicted molar refractivity (Wildman–Crippen MR) is 87.5 cm³/mol. The van der Waals surface area contributed by atoms with Gasteiger partial charge in [0.25, 0.3) is 0 Å². The summed E-state index contributed by atoms with van der Waals surface area (Å²) >= 11 is 0. The molecule has 4 heteroatoms. The van der Waals surface area contributed by atoms with Crippen molar-refractivity contribution in [1.29, 1.82) is 0 Å². The van der Waals surface area contributed by atoms with Crippen molar-refractivity contribution >= 4 is 5.69 Å². The smallest absolute Gasteiger partial charge is 0.142 e. The lowest BCUT2D eigenvalue weighted by Gasteiger charge is -2.31. The van der Waals surface area contributed by atoms with Crippen LogP contribution in [0.2, 0.25) is 0 Å². The maximum absolute atomic E-state index is 5.95. The molecule has 0 saturated carbocycles. The molecule has 0 aromatic heterocycles. The summed E-state index contributed by atoms with van der Waals surface area (Å²) in [7, 11) is 0. The Morgan fingerprint density at radius 2 is 1.86 bits per heavy atom. The SMILES string of the molecule is Cc1ccc(OCCOC(C)(C)C)c(N2CCNCC2)c1. The van der Waals surface area contributed by atoms with Gasteiger partial charge in [-0.1, -0.05) is 6.07 Å². The van der Waals surface area contributed by atoms with Crippen molar-refractivity contribution in [1.82, 2.24) is 5.32 Å². The van der Waals surface area contributed by atoms with Gasteiger partial charge in [0.2, 0.25) is 0 Å². The number of hydrogen-bond donors (Lipinski definition) is 1. The van der Waals surface area contributed by atoms with Crippen LogP contribution in [0.4, 0.5) is 5.69 Å². The third kappa shape index (κ3) is 5.21. The summed E-state index contributed by atoms with van der Waals surface area (Å²) in [5.41, 5.74) is 2.35. The highest BCUT2D eigenvalue weighted by molar-refractivity contribution is 5.60. The van der Waals surface area contributed by atoms with E-state index in [9.17, 15) is 0 Å². The van der Waals surface area contributed by atoms with Crippen LogP contribution < -0.4 is 15.0 Å². The molecular weight excluding hydrogens is 264 g/mol. The first-order chi connectivity index (χ1) is 9.96. The molecule has 1 saturated heterocycles. The lowest BCUT2D eigenvalue weighted by atomic mass is 10.1. The van der Waals surface area contributed by atoms with Gasteiger partial charge in [0, 0.05) is 26.2 Å². The number of hydrogen-bond acceptors (Lipinski definition) is 4.